The fraction of sp³-hybridized carbons (Fsp3) is 1.00. The molecule has 1 aliphatic rings. The second kappa shape index (κ2) is 4.32. The van der Waals surface area contributed by atoms with Crippen molar-refractivity contribution < 1.29 is 24.8 Å². The van der Waals surface area contributed by atoms with Gasteiger partial charge in [0, 0.05) is 13.7 Å². The summed E-state index contributed by atoms with van der Waals surface area (Å²) >= 11 is 0. The van der Waals surface area contributed by atoms with E-state index in [9.17, 15) is 15.3 Å². The highest BCUT2D eigenvalue weighted by Crippen LogP contribution is 2.20. The van der Waals surface area contributed by atoms with Crippen molar-refractivity contribution in [1.29, 1.82) is 0 Å². The molecule has 1 rings (SSSR count). The minimum atomic E-state index is -1.28. The van der Waals surface area contributed by atoms with Crippen molar-refractivity contribution in [3.63, 3.8) is 0 Å². The van der Waals surface area contributed by atoms with Crippen molar-refractivity contribution in [2.24, 2.45) is 5.73 Å². The molecule has 78 valence electrons. The molecule has 0 aromatic heterocycles. The summed E-state index contributed by atoms with van der Waals surface area (Å²) in [7, 11) is 1.34. The third-order valence-corrected chi connectivity index (χ3v) is 2.13. The topological polar surface area (TPSA) is 105 Å². The van der Waals surface area contributed by atoms with E-state index in [0.29, 0.717) is 0 Å². The van der Waals surface area contributed by atoms with E-state index in [1.54, 1.807) is 0 Å². The minimum absolute atomic E-state index is 0.0603. The number of aliphatic hydroxyl groups excluding tert-OH is 3. The Kier molecular flexibility index (Phi) is 3.60. The molecule has 0 aliphatic carbocycles. The lowest BCUT2D eigenvalue weighted by Gasteiger charge is -2.39. The minimum Gasteiger partial charge on any atom is -0.388 e. The van der Waals surface area contributed by atoms with Gasteiger partial charge in [-0.05, 0) is 0 Å². The fourth-order valence-electron chi connectivity index (χ4n) is 1.31. The lowest BCUT2D eigenvalue weighted by Crippen LogP contribution is -2.59. The zero-order valence-corrected chi connectivity index (χ0v) is 7.33. The van der Waals surface area contributed by atoms with Crippen LogP contribution in [0.2, 0.25) is 0 Å². The third kappa shape index (κ3) is 1.98. The van der Waals surface area contributed by atoms with Gasteiger partial charge in [0.25, 0.3) is 0 Å². The Labute approximate surface area is 75.9 Å². The lowest BCUT2D eigenvalue weighted by atomic mass is 9.99. The van der Waals surface area contributed by atoms with Crippen molar-refractivity contribution in [3.05, 3.63) is 0 Å². The summed E-state index contributed by atoms with van der Waals surface area (Å²) in [4.78, 5) is 0. The van der Waals surface area contributed by atoms with Crippen LogP contribution in [0.4, 0.5) is 0 Å². The van der Waals surface area contributed by atoms with Crippen LogP contribution in [-0.2, 0) is 9.47 Å². The maximum absolute atomic E-state index is 9.35. The number of nitrogens with two attached hydrogens (primary N) is 1. The molecule has 1 aliphatic heterocycles. The van der Waals surface area contributed by atoms with Gasteiger partial charge in [0.1, 0.15) is 24.4 Å². The lowest BCUT2D eigenvalue weighted by molar-refractivity contribution is -0.287. The van der Waals surface area contributed by atoms with Crippen molar-refractivity contribution in [2.45, 2.75) is 30.7 Å². The highest BCUT2D eigenvalue weighted by molar-refractivity contribution is 4.89. The van der Waals surface area contributed by atoms with E-state index in [0.717, 1.165) is 0 Å². The number of hydrogen-bond donors (Lipinski definition) is 4. The summed E-state index contributed by atoms with van der Waals surface area (Å²) in [6.07, 6.45) is -5.35. The Balaban J connectivity index is 2.66. The Morgan fingerprint density at radius 1 is 1.23 bits per heavy atom. The summed E-state index contributed by atoms with van der Waals surface area (Å²) in [5, 5.41) is 28.0. The molecule has 13 heavy (non-hydrogen) atoms. The van der Waals surface area contributed by atoms with E-state index in [1.165, 1.54) is 7.11 Å². The number of methoxy groups -OCH3 is 1. The monoisotopic (exact) mass is 193 g/mol. The molecule has 6 nitrogen and oxygen atoms in total. The number of ether oxygens (including phenoxy) is 2. The summed E-state index contributed by atoms with van der Waals surface area (Å²) in [6, 6.07) is 0. The summed E-state index contributed by atoms with van der Waals surface area (Å²) < 4.78 is 9.83. The summed E-state index contributed by atoms with van der Waals surface area (Å²) in [6.45, 7) is 0.0603. The van der Waals surface area contributed by atoms with Gasteiger partial charge < -0.3 is 30.5 Å². The van der Waals surface area contributed by atoms with Gasteiger partial charge >= 0.3 is 0 Å². The second-order valence-corrected chi connectivity index (χ2v) is 2.99. The van der Waals surface area contributed by atoms with Crippen molar-refractivity contribution in [2.75, 3.05) is 13.7 Å². The van der Waals surface area contributed by atoms with Gasteiger partial charge in [-0.2, -0.15) is 0 Å². The molecule has 2 unspecified atom stereocenters. The molecule has 1 saturated heterocycles. The number of rotatable bonds is 2. The Hall–Kier alpha value is -0.240. The van der Waals surface area contributed by atoms with E-state index < -0.39 is 30.7 Å². The maximum atomic E-state index is 9.35. The zero-order valence-electron chi connectivity index (χ0n) is 7.33. The van der Waals surface area contributed by atoms with Crippen molar-refractivity contribution in [3.8, 4) is 0 Å². The molecular weight excluding hydrogens is 178 g/mol. The molecule has 0 spiro atoms. The number of aliphatic hydroxyl groups is 3. The fourth-order valence-corrected chi connectivity index (χ4v) is 1.31. The van der Waals surface area contributed by atoms with E-state index in [4.69, 9.17) is 15.2 Å². The Morgan fingerprint density at radius 3 is 2.31 bits per heavy atom. The molecule has 0 bridgehead atoms. The molecule has 1 fully saturated rings. The van der Waals surface area contributed by atoms with Crippen LogP contribution in [0.1, 0.15) is 0 Å². The van der Waals surface area contributed by atoms with Crippen LogP contribution in [0.15, 0.2) is 0 Å². The molecule has 0 saturated carbocycles. The Bertz CT molecular complexity index is 147. The van der Waals surface area contributed by atoms with E-state index in [1.807, 2.05) is 0 Å². The first kappa shape index (κ1) is 10.8. The average Bonchev–Trinajstić information content (AvgIpc) is 2.15. The van der Waals surface area contributed by atoms with Gasteiger partial charge in [-0.3, -0.25) is 0 Å². The molecule has 0 amide bonds. The Morgan fingerprint density at radius 2 is 1.85 bits per heavy atom. The van der Waals surface area contributed by atoms with Crippen LogP contribution >= 0.6 is 0 Å². The molecule has 6 heteroatoms. The van der Waals surface area contributed by atoms with Crippen LogP contribution in [0.5, 0.6) is 0 Å². The zero-order chi connectivity index (χ0) is 10.0. The standard InChI is InChI=1S/C7H15NO5/c1-12-7-6(11)5(10)4(9)3(2-8)13-7/h3-7,9-11H,2,8H2,1H3/t3?,4-,5?,6-,7-/m1/s1. The molecule has 5 N–H and O–H groups in total. The van der Waals surface area contributed by atoms with Gasteiger partial charge in [-0.25, -0.2) is 0 Å². The maximum Gasteiger partial charge on any atom is 0.186 e. The van der Waals surface area contributed by atoms with Gasteiger partial charge in [0.2, 0.25) is 0 Å². The predicted molar refractivity (Wildman–Crippen MR) is 42.7 cm³/mol. The third-order valence-electron chi connectivity index (χ3n) is 2.13. The highest BCUT2D eigenvalue weighted by Gasteiger charge is 2.43. The summed E-state index contributed by atoms with van der Waals surface area (Å²) in [5.41, 5.74) is 5.28. The van der Waals surface area contributed by atoms with E-state index in [-0.39, 0.29) is 6.54 Å². The van der Waals surface area contributed by atoms with Crippen LogP contribution < -0.4 is 5.73 Å². The first-order valence-corrected chi connectivity index (χ1v) is 4.04. The molecule has 5 atom stereocenters. The van der Waals surface area contributed by atoms with Crippen molar-refractivity contribution in [1.82, 2.24) is 0 Å². The largest absolute Gasteiger partial charge is 0.388 e. The quantitative estimate of drug-likeness (QED) is 0.383. The molecule has 1 heterocycles. The van der Waals surface area contributed by atoms with Crippen LogP contribution in [0, 0.1) is 0 Å². The van der Waals surface area contributed by atoms with E-state index in [2.05, 4.69) is 0 Å². The molecule has 0 radical (unpaired) electrons. The van der Waals surface area contributed by atoms with E-state index >= 15 is 0 Å². The van der Waals surface area contributed by atoms with Gasteiger partial charge in [0.15, 0.2) is 6.29 Å². The van der Waals surface area contributed by atoms with Gasteiger partial charge in [0.05, 0.1) is 0 Å². The normalized spacial score (nSPS) is 46.4. The highest BCUT2D eigenvalue weighted by atomic mass is 16.7. The predicted octanol–water partition coefficient (Wildman–Crippen LogP) is -2.60. The van der Waals surface area contributed by atoms with Crippen LogP contribution in [0.3, 0.4) is 0 Å². The van der Waals surface area contributed by atoms with Crippen LogP contribution in [0.25, 0.3) is 0 Å². The van der Waals surface area contributed by atoms with Gasteiger partial charge in [-0.1, -0.05) is 0 Å². The molecular formula is C7H15NO5. The SMILES string of the molecule is CO[C@@H]1OC(CN)[C@@H](O)C(O)[C@H]1O. The molecule has 0 aromatic rings. The van der Waals surface area contributed by atoms with Gasteiger partial charge in [-0.15, -0.1) is 0 Å². The number of hydrogen-bond acceptors (Lipinski definition) is 6. The first-order chi connectivity index (χ1) is 6.11. The average molecular weight is 193 g/mol. The molecule has 0 aromatic carbocycles. The van der Waals surface area contributed by atoms with Crippen molar-refractivity contribution >= 4 is 0 Å². The first-order valence-electron chi connectivity index (χ1n) is 4.04. The second-order valence-electron chi connectivity index (χ2n) is 2.99. The summed E-state index contributed by atoms with van der Waals surface area (Å²) in [5.74, 6) is 0. The smallest absolute Gasteiger partial charge is 0.186 e. The van der Waals surface area contributed by atoms with Crippen LogP contribution in [-0.4, -0.2) is 59.7 Å².